The Labute approximate surface area is 104 Å². The van der Waals surface area contributed by atoms with Gasteiger partial charge in [0.1, 0.15) is 0 Å². The van der Waals surface area contributed by atoms with Crippen molar-refractivity contribution in [1.82, 2.24) is 0 Å². The van der Waals surface area contributed by atoms with Gasteiger partial charge in [-0.15, -0.1) is 0 Å². The lowest BCUT2D eigenvalue weighted by Crippen LogP contribution is -2.03. The van der Waals surface area contributed by atoms with Gasteiger partial charge >= 0.3 is 5.97 Å². The van der Waals surface area contributed by atoms with E-state index in [0.717, 1.165) is 17.8 Å². The Bertz CT molecular complexity index is 374. The van der Waals surface area contributed by atoms with Crippen molar-refractivity contribution in [2.45, 2.75) is 32.9 Å². The summed E-state index contributed by atoms with van der Waals surface area (Å²) in [5, 5.41) is 8.31. The van der Waals surface area contributed by atoms with E-state index in [4.69, 9.17) is 5.11 Å². The van der Waals surface area contributed by atoms with Crippen LogP contribution in [0, 0.1) is 17.3 Å². The van der Waals surface area contributed by atoms with Crippen LogP contribution < -0.4 is 0 Å². The first-order chi connectivity index (χ1) is 7.67. The molecule has 2 atom stereocenters. The van der Waals surface area contributed by atoms with Gasteiger partial charge in [-0.3, -0.25) is 9.59 Å². The Balaban J connectivity index is 2.71. The minimum absolute atomic E-state index is 0.0177. The first-order valence-corrected chi connectivity index (χ1v) is 6.37. The van der Waals surface area contributed by atoms with Gasteiger partial charge in [0.2, 0.25) is 5.12 Å². The zero-order valence-electron chi connectivity index (χ0n) is 10.4. The molecule has 5 heteroatoms. The zero-order chi connectivity index (χ0) is 13.4. The van der Waals surface area contributed by atoms with Crippen LogP contribution in [-0.2, 0) is 9.59 Å². The normalized spacial score (nSPS) is 27.1. The van der Waals surface area contributed by atoms with Crippen molar-refractivity contribution in [3.63, 3.8) is 0 Å². The van der Waals surface area contributed by atoms with Gasteiger partial charge in [0, 0.05) is 5.25 Å². The van der Waals surface area contributed by atoms with Crippen LogP contribution in [0.25, 0.3) is 0 Å². The van der Waals surface area contributed by atoms with Crippen LogP contribution in [0.1, 0.15) is 27.7 Å². The largest absolute Gasteiger partial charge is 0.481 e. The molecule has 0 spiro atoms. The highest BCUT2D eigenvalue weighted by Gasteiger charge is 2.61. The third-order valence-electron chi connectivity index (χ3n) is 3.04. The predicted molar refractivity (Wildman–Crippen MR) is 65.3 cm³/mol. The lowest BCUT2D eigenvalue weighted by atomic mass is 10.1. The van der Waals surface area contributed by atoms with E-state index in [2.05, 4.69) is 0 Å². The number of carboxylic acid groups (broad SMARTS) is 1. The second kappa shape index (κ2) is 4.80. The van der Waals surface area contributed by atoms with E-state index >= 15 is 0 Å². The summed E-state index contributed by atoms with van der Waals surface area (Å²) in [5.41, 5.74) is -0.466. The molecule has 1 saturated carbocycles. The van der Waals surface area contributed by atoms with Crippen LogP contribution in [0.2, 0.25) is 0 Å². The number of carbonyl (C=O) groups is 2. The monoisotopic (exact) mass is 260 g/mol. The summed E-state index contributed by atoms with van der Waals surface area (Å²) in [6.45, 7) is 7.13. The maximum atomic E-state index is 13.5. The number of aliphatic carboxylic acids is 1. The molecular formula is C12H17FO3S. The van der Waals surface area contributed by atoms with Crippen molar-refractivity contribution in [1.29, 1.82) is 0 Å². The van der Waals surface area contributed by atoms with Crippen molar-refractivity contribution < 1.29 is 19.1 Å². The predicted octanol–water partition coefficient (Wildman–Crippen LogP) is 2.86. The first-order valence-electron chi connectivity index (χ1n) is 5.49. The van der Waals surface area contributed by atoms with E-state index in [-0.39, 0.29) is 5.25 Å². The Morgan fingerprint density at radius 3 is 2.29 bits per heavy atom. The molecule has 96 valence electrons. The molecule has 0 aromatic carbocycles. The van der Waals surface area contributed by atoms with Gasteiger partial charge in [-0.05, 0) is 17.4 Å². The van der Waals surface area contributed by atoms with E-state index in [1.807, 2.05) is 0 Å². The second-order valence-corrected chi connectivity index (χ2v) is 6.68. The maximum absolute atomic E-state index is 13.5. The van der Waals surface area contributed by atoms with E-state index in [9.17, 15) is 14.0 Å². The average Bonchev–Trinajstić information content (AvgIpc) is 2.66. The van der Waals surface area contributed by atoms with Crippen LogP contribution >= 0.6 is 11.8 Å². The number of halogens is 1. The lowest BCUT2D eigenvalue weighted by Gasteiger charge is -2.01. The molecule has 17 heavy (non-hydrogen) atoms. The molecule has 3 nitrogen and oxygen atoms in total. The van der Waals surface area contributed by atoms with Crippen LogP contribution in [0.15, 0.2) is 11.9 Å². The molecule has 0 aliphatic heterocycles. The standard InChI is InChI=1S/C12H17FO3S/c1-6(2)17-11(16)8(13)5-7-9(10(14)15)12(7,3)4/h5-7,9H,1-4H3,(H,14,15)/b8-5+/t7-,9-/m0/s1. The first kappa shape index (κ1) is 14.2. The topological polar surface area (TPSA) is 54.4 Å². The SMILES string of the molecule is CC(C)SC(=O)/C(F)=C\[C@H]1[C@@H](C(=O)O)C1(C)C. The number of carbonyl (C=O) groups excluding carboxylic acids is 1. The van der Waals surface area contributed by atoms with Gasteiger partial charge in [0.15, 0.2) is 5.83 Å². The third kappa shape index (κ3) is 3.09. The Kier molecular flexibility index (Phi) is 4.02. The number of allylic oxidation sites excluding steroid dienone is 1. The zero-order valence-corrected chi connectivity index (χ0v) is 11.2. The highest BCUT2D eigenvalue weighted by atomic mass is 32.2. The second-order valence-electron chi connectivity index (χ2n) is 5.13. The number of rotatable bonds is 4. The Hall–Kier alpha value is -0.840. The highest BCUT2D eigenvalue weighted by molar-refractivity contribution is 8.14. The van der Waals surface area contributed by atoms with Crippen molar-refractivity contribution in [2.75, 3.05) is 0 Å². The fraction of sp³-hybridized carbons (Fsp3) is 0.667. The molecule has 1 N–H and O–H groups in total. The minimum Gasteiger partial charge on any atom is -0.481 e. The van der Waals surface area contributed by atoms with Gasteiger partial charge in [0.25, 0.3) is 0 Å². The van der Waals surface area contributed by atoms with E-state index in [0.29, 0.717) is 0 Å². The van der Waals surface area contributed by atoms with Gasteiger partial charge in [-0.25, -0.2) is 4.39 Å². The molecule has 1 fully saturated rings. The fourth-order valence-electron chi connectivity index (χ4n) is 1.96. The summed E-state index contributed by atoms with van der Waals surface area (Å²) in [7, 11) is 0. The number of thioether (sulfide) groups is 1. The van der Waals surface area contributed by atoms with Crippen molar-refractivity contribution in [3.05, 3.63) is 11.9 Å². The van der Waals surface area contributed by atoms with E-state index in [1.54, 1.807) is 27.7 Å². The summed E-state index contributed by atoms with van der Waals surface area (Å²) in [5.74, 6) is -2.75. The summed E-state index contributed by atoms with van der Waals surface area (Å²) in [6, 6.07) is 0. The summed E-state index contributed by atoms with van der Waals surface area (Å²) < 4.78 is 13.5. The molecular weight excluding hydrogens is 243 g/mol. The molecule has 1 aliphatic rings. The fourth-order valence-corrected chi connectivity index (χ4v) is 2.57. The van der Waals surface area contributed by atoms with Crippen LogP contribution in [0.3, 0.4) is 0 Å². The van der Waals surface area contributed by atoms with Gasteiger partial charge in [-0.2, -0.15) is 0 Å². The molecule has 0 aromatic rings. The van der Waals surface area contributed by atoms with Crippen molar-refractivity contribution >= 4 is 22.8 Å². The Morgan fingerprint density at radius 1 is 1.41 bits per heavy atom. The van der Waals surface area contributed by atoms with E-state index < -0.39 is 34.2 Å². The molecule has 0 saturated heterocycles. The van der Waals surface area contributed by atoms with Crippen LogP contribution in [0.5, 0.6) is 0 Å². The van der Waals surface area contributed by atoms with Crippen molar-refractivity contribution in [3.8, 4) is 0 Å². The molecule has 1 aliphatic carbocycles. The van der Waals surface area contributed by atoms with E-state index in [1.165, 1.54) is 0 Å². The minimum atomic E-state index is -0.937. The van der Waals surface area contributed by atoms with Gasteiger partial charge in [-0.1, -0.05) is 39.5 Å². The molecule has 0 unspecified atom stereocenters. The maximum Gasteiger partial charge on any atom is 0.307 e. The smallest absolute Gasteiger partial charge is 0.307 e. The molecule has 0 radical (unpaired) electrons. The van der Waals surface area contributed by atoms with Gasteiger partial charge < -0.3 is 5.11 Å². The summed E-state index contributed by atoms with van der Waals surface area (Å²) in [4.78, 5) is 22.3. The molecule has 0 heterocycles. The average molecular weight is 260 g/mol. The summed E-state index contributed by atoms with van der Waals surface area (Å²) >= 11 is 0.912. The molecule has 0 bridgehead atoms. The summed E-state index contributed by atoms with van der Waals surface area (Å²) in [6.07, 6.45) is 1.16. The molecule has 0 amide bonds. The highest BCUT2D eigenvalue weighted by Crippen LogP contribution is 2.59. The number of hydrogen-bond donors (Lipinski definition) is 1. The van der Waals surface area contributed by atoms with Crippen molar-refractivity contribution in [2.24, 2.45) is 17.3 Å². The van der Waals surface area contributed by atoms with Crippen LogP contribution in [0.4, 0.5) is 4.39 Å². The van der Waals surface area contributed by atoms with Gasteiger partial charge in [0.05, 0.1) is 5.92 Å². The Morgan fingerprint density at radius 2 is 1.94 bits per heavy atom. The quantitative estimate of drug-likeness (QED) is 0.790. The third-order valence-corrected chi connectivity index (χ3v) is 3.92. The number of hydrogen-bond acceptors (Lipinski definition) is 3. The van der Waals surface area contributed by atoms with Crippen LogP contribution in [-0.4, -0.2) is 21.4 Å². The number of carboxylic acids is 1. The lowest BCUT2D eigenvalue weighted by molar-refractivity contribution is -0.139. The molecule has 1 rings (SSSR count). The molecule has 0 aromatic heterocycles.